The van der Waals surface area contributed by atoms with Crippen LogP contribution in [0.5, 0.6) is 0 Å². The molecule has 0 aliphatic carbocycles. The molecule has 2 heterocycles. The van der Waals surface area contributed by atoms with Crippen molar-refractivity contribution in [2.45, 2.75) is 38.5 Å². The third kappa shape index (κ3) is 2.38. The van der Waals surface area contributed by atoms with Crippen molar-refractivity contribution in [2.24, 2.45) is 0 Å². The first kappa shape index (κ1) is 11.1. The van der Waals surface area contributed by atoms with E-state index in [9.17, 15) is 4.79 Å². The van der Waals surface area contributed by atoms with Gasteiger partial charge in [0.1, 0.15) is 0 Å². The third-order valence-electron chi connectivity index (χ3n) is 2.85. The third-order valence-corrected chi connectivity index (χ3v) is 2.85. The van der Waals surface area contributed by atoms with Gasteiger partial charge in [-0.3, -0.25) is 4.79 Å². The van der Waals surface area contributed by atoms with Crippen LogP contribution in [-0.2, 0) is 9.53 Å². The van der Waals surface area contributed by atoms with Crippen LogP contribution in [0.25, 0.3) is 0 Å². The Bertz CT molecular complexity index is 352. The van der Waals surface area contributed by atoms with Crippen molar-refractivity contribution in [3.8, 4) is 0 Å². The fourth-order valence-electron chi connectivity index (χ4n) is 1.97. The molecular weight excluding hydrogens is 208 g/mol. The minimum Gasteiger partial charge on any atom is -0.374 e. The number of carbonyl (C=O) groups is 1. The number of amides is 1. The summed E-state index contributed by atoms with van der Waals surface area (Å²) in [6.45, 7) is 4.10. The van der Waals surface area contributed by atoms with E-state index in [-0.39, 0.29) is 24.1 Å². The fraction of sp³-hybridized carbons (Fsp3) is 0.700. The molecule has 6 heteroatoms. The maximum absolute atomic E-state index is 11.0. The van der Waals surface area contributed by atoms with Gasteiger partial charge in [0.25, 0.3) is 0 Å². The Kier molecular flexibility index (Phi) is 3.19. The minimum atomic E-state index is -0.0281. The SMILES string of the molecule is CC(=O)N[C@@H]1C[C@@H](n2ccnn2)CO[C@@H]1C. The summed E-state index contributed by atoms with van der Waals surface area (Å²) in [6, 6.07) is 0.191. The van der Waals surface area contributed by atoms with E-state index in [0.717, 1.165) is 6.42 Å². The molecule has 88 valence electrons. The Morgan fingerprint density at radius 1 is 1.62 bits per heavy atom. The lowest BCUT2D eigenvalue weighted by Crippen LogP contribution is -2.48. The molecule has 1 aromatic heterocycles. The number of carbonyl (C=O) groups excluding carboxylic acids is 1. The Morgan fingerprint density at radius 2 is 2.44 bits per heavy atom. The van der Waals surface area contributed by atoms with Gasteiger partial charge in [0.2, 0.25) is 5.91 Å². The van der Waals surface area contributed by atoms with Gasteiger partial charge in [-0.05, 0) is 13.3 Å². The topological polar surface area (TPSA) is 69.0 Å². The first-order chi connectivity index (χ1) is 7.66. The van der Waals surface area contributed by atoms with Crippen LogP contribution in [0.15, 0.2) is 12.4 Å². The second kappa shape index (κ2) is 4.61. The Morgan fingerprint density at radius 3 is 3.06 bits per heavy atom. The number of aromatic nitrogens is 3. The fourth-order valence-corrected chi connectivity index (χ4v) is 1.97. The molecule has 0 bridgehead atoms. The second-order valence-electron chi connectivity index (χ2n) is 4.12. The molecule has 1 aromatic rings. The predicted molar refractivity (Wildman–Crippen MR) is 56.7 cm³/mol. The highest BCUT2D eigenvalue weighted by Gasteiger charge is 2.30. The molecule has 6 nitrogen and oxygen atoms in total. The van der Waals surface area contributed by atoms with Crippen LogP contribution in [0.4, 0.5) is 0 Å². The lowest BCUT2D eigenvalue weighted by molar-refractivity contribution is -0.122. The molecule has 0 aromatic carbocycles. The molecule has 2 rings (SSSR count). The van der Waals surface area contributed by atoms with Crippen LogP contribution in [0, 0.1) is 0 Å². The molecule has 1 aliphatic heterocycles. The van der Waals surface area contributed by atoms with Crippen LogP contribution < -0.4 is 5.32 Å². The normalized spacial score (nSPS) is 30.0. The molecule has 0 radical (unpaired) electrons. The molecule has 1 aliphatic rings. The van der Waals surface area contributed by atoms with Gasteiger partial charge < -0.3 is 10.1 Å². The summed E-state index contributed by atoms with van der Waals surface area (Å²) in [5.41, 5.74) is 0. The molecule has 0 unspecified atom stereocenters. The maximum Gasteiger partial charge on any atom is 0.217 e. The van der Waals surface area contributed by atoms with Gasteiger partial charge in [-0.2, -0.15) is 0 Å². The number of nitrogens with zero attached hydrogens (tertiary/aromatic N) is 3. The van der Waals surface area contributed by atoms with Gasteiger partial charge in [0, 0.05) is 13.1 Å². The number of hydrogen-bond acceptors (Lipinski definition) is 4. The molecule has 3 atom stereocenters. The molecule has 1 N–H and O–H groups in total. The van der Waals surface area contributed by atoms with Gasteiger partial charge >= 0.3 is 0 Å². The first-order valence-electron chi connectivity index (χ1n) is 5.41. The Balaban J connectivity index is 2.01. The van der Waals surface area contributed by atoms with E-state index in [4.69, 9.17) is 4.74 Å². The molecule has 0 saturated carbocycles. The van der Waals surface area contributed by atoms with Crippen molar-refractivity contribution in [3.05, 3.63) is 12.4 Å². The van der Waals surface area contributed by atoms with Crippen molar-refractivity contribution in [1.82, 2.24) is 20.3 Å². The van der Waals surface area contributed by atoms with Gasteiger partial charge in [-0.1, -0.05) is 5.21 Å². The van der Waals surface area contributed by atoms with Crippen molar-refractivity contribution in [1.29, 1.82) is 0 Å². The average Bonchev–Trinajstić information content (AvgIpc) is 2.73. The zero-order valence-electron chi connectivity index (χ0n) is 9.46. The number of nitrogens with one attached hydrogen (secondary N) is 1. The van der Waals surface area contributed by atoms with Crippen molar-refractivity contribution in [3.63, 3.8) is 0 Å². The zero-order chi connectivity index (χ0) is 11.5. The molecule has 1 amide bonds. The van der Waals surface area contributed by atoms with E-state index in [1.165, 1.54) is 6.92 Å². The van der Waals surface area contributed by atoms with Crippen LogP contribution in [0.3, 0.4) is 0 Å². The van der Waals surface area contributed by atoms with Crippen molar-refractivity contribution >= 4 is 5.91 Å². The number of hydrogen-bond donors (Lipinski definition) is 1. The Hall–Kier alpha value is -1.43. The van der Waals surface area contributed by atoms with Crippen LogP contribution in [0.2, 0.25) is 0 Å². The van der Waals surface area contributed by atoms with E-state index in [2.05, 4.69) is 15.6 Å². The minimum absolute atomic E-state index is 0.0281. The van der Waals surface area contributed by atoms with Crippen LogP contribution >= 0.6 is 0 Å². The molecule has 1 saturated heterocycles. The van der Waals surface area contributed by atoms with Gasteiger partial charge in [0.15, 0.2) is 0 Å². The molecule has 16 heavy (non-hydrogen) atoms. The number of ether oxygens (including phenoxy) is 1. The first-order valence-corrected chi connectivity index (χ1v) is 5.41. The number of rotatable bonds is 2. The quantitative estimate of drug-likeness (QED) is 0.775. The largest absolute Gasteiger partial charge is 0.374 e. The lowest BCUT2D eigenvalue weighted by Gasteiger charge is -2.34. The summed E-state index contributed by atoms with van der Waals surface area (Å²) in [5, 5.41) is 10.6. The van der Waals surface area contributed by atoms with Crippen LogP contribution in [-0.4, -0.2) is 39.7 Å². The van der Waals surface area contributed by atoms with Crippen molar-refractivity contribution < 1.29 is 9.53 Å². The standard InChI is InChI=1S/C10H16N4O2/c1-7-10(12-8(2)15)5-9(6-16-7)14-4-3-11-13-14/h3-4,7,9-10H,5-6H2,1-2H3,(H,12,15)/t7-,9-,10-/m1/s1. The van der Waals surface area contributed by atoms with E-state index in [1.54, 1.807) is 10.9 Å². The predicted octanol–water partition coefficient (Wildman–Crippen LogP) is 0.133. The smallest absolute Gasteiger partial charge is 0.217 e. The highest BCUT2D eigenvalue weighted by atomic mass is 16.5. The summed E-state index contributed by atoms with van der Waals surface area (Å²) in [7, 11) is 0. The summed E-state index contributed by atoms with van der Waals surface area (Å²) < 4.78 is 7.40. The summed E-state index contributed by atoms with van der Waals surface area (Å²) in [4.78, 5) is 11.0. The van der Waals surface area contributed by atoms with E-state index >= 15 is 0 Å². The van der Waals surface area contributed by atoms with E-state index in [1.807, 2.05) is 13.1 Å². The van der Waals surface area contributed by atoms with Gasteiger partial charge in [-0.15, -0.1) is 5.10 Å². The lowest BCUT2D eigenvalue weighted by atomic mass is 10.00. The van der Waals surface area contributed by atoms with E-state index < -0.39 is 0 Å². The van der Waals surface area contributed by atoms with E-state index in [0.29, 0.717) is 6.61 Å². The highest BCUT2D eigenvalue weighted by Crippen LogP contribution is 2.22. The monoisotopic (exact) mass is 224 g/mol. The molecular formula is C10H16N4O2. The zero-order valence-corrected chi connectivity index (χ0v) is 9.46. The average molecular weight is 224 g/mol. The molecule has 0 spiro atoms. The summed E-state index contributed by atoms with van der Waals surface area (Å²) in [6.07, 6.45) is 4.33. The van der Waals surface area contributed by atoms with Crippen LogP contribution in [0.1, 0.15) is 26.3 Å². The maximum atomic E-state index is 11.0. The van der Waals surface area contributed by atoms with Crippen molar-refractivity contribution in [2.75, 3.05) is 6.61 Å². The summed E-state index contributed by atoms with van der Waals surface area (Å²) in [5.74, 6) is -0.0281. The summed E-state index contributed by atoms with van der Waals surface area (Å²) >= 11 is 0. The molecule has 1 fully saturated rings. The highest BCUT2D eigenvalue weighted by molar-refractivity contribution is 5.73. The Labute approximate surface area is 94.0 Å². The van der Waals surface area contributed by atoms with Gasteiger partial charge in [0.05, 0.1) is 31.0 Å². The second-order valence-corrected chi connectivity index (χ2v) is 4.12. The van der Waals surface area contributed by atoms with Gasteiger partial charge in [-0.25, -0.2) is 4.68 Å².